The fourth-order valence-corrected chi connectivity index (χ4v) is 7.18. The molecule has 2 heterocycles. The van der Waals surface area contributed by atoms with E-state index in [1.165, 1.54) is 32.7 Å². The van der Waals surface area contributed by atoms with E-state index in [1.807, 2.05) is 72.8 Å². The van der Waals surface area contributed by atoms with Crippen LogP contribution in [0.1, 0.15) is 0 Å². The second kappa shape index (κ2) is 11.9. The highest BCUT2D eigenvalue weighted by Gasteiger charge is 2.18. The van der Waals surface area contributed by atoms with Crippen LogP contribution in [-0.4, -0.2) is 15.0 Å². The fourth-order valence-electron chi connectivity index (χ4n) is 7.18. The average molecular weight is 652 g/mol. The topological polar surface area (TPSA) is 51.8 Å². The lowest BCUT2D eigenvalue weighted by molar-refractivity contribution is 0.669. The molecule has 0 fully saturated rings. The highest BCUT2D eigenvalue weighted by molar-refractivity contribution is 6.13. The maximum atomic E-state index is 6.43. The Balaban J connectivity index is 1.11. The lowest BCUT2D eigenvalue weighted by Crippen LogP contribution is -2.00. The van der Waals surface area contributed by atoms with Gasteiger partial charge in [-0.25, -0.2) is 15.0 Å². The molecular weight excluding hydrogens is 623 g/mol. The minimum atomic E-state index is 0.604. The van der Waals surface area contributed by atoms with E-state index in [4.69, 9.17) is 19.4 Å². The number of nitrogens with zero attached hydrogens (tertiary/aromatic N) is 3. The normalized spacial score (nSPS) is 11.5. The van der Waals surface area contributed by atoms with E-state index in [2.05, 4.69) is 103 Å². The third-order valence-electron chi connectivity index (χ3n) is 9.71. The molecule has 10 aromatic rings. The molecule has 0 aliphatic heterocycles. The third-order valence-corrected chi connectivity index (χ3v) is 9.71. The molecule has 0 unspecified atom stereocenters. The summed E-state index contributed by atoms with van der Waals surface area (Å²) >= 11 is 0. The van der Waals surface area contributed by atoms with Gasteiger partial charge in [-0.3, -0.25) is 0 Å². The van der Waals surface area contributed by atoms with Gasteiger partial charge < -0.3 is 4.42 Å². The van der Waals surface area contributed by atoms with E-state index >= 15 is 0 Å². The highest BCUT2D eigenvalue weighted by Crippen LogP contribution is 2.39. The number of aromatic nitrogens is 3. The van der Waals surface area contributed by atoms with Crippen LogP contribution < -0.4 is 0 Å². The van der Waals surface area contributed by atoms with Gasteiger partial charge in [-0.2, -0.15) is 0 Å². The number of fused-ring (bicyclic) bond motifs is 6. The molecule has 8 aromatic carbocycles. The van der Waals surface area contributed by atoms with Crippen molar-refractivity contribution < 1.29 is 4.42 Å². The number of hydrogen-bond acceptors (Lipinski definition) is 4. The zero-order valence-electron chi connectivity index (χ0n) is 27.5. The SMILES string of the molecule is c1ccc(-c2nc(-c3ccccc3)nc(-c3cccc4oc5ccc(-c6cccc(-c7ccc8ccc9ccccc9c8c7)c6)cc5c34)n2)cc1. The van der Waals surface area contributed by atoms with Gasteiger partial charge in [-0.1, -0.05) is 146 Å². The van der Waals surface area contributed by atoms with Crippen molar-refractivity contribution in [2.45, 2.75) is 0 Å². The Labute approximate surface area is 294 Å². The van der Waals surface area contributed by atoms with Crippen LogP contribution in [0.5, 0.6) is 0 Å². The first-order valence-corrected chi connectivity index (χ1v) is 17.1. The van der Waals surface area contributed by atoms with Crippen molar-refractivity contribution in [3.63, 3.8) is 0 Å². The van der Waals surface area contributed by atoms with Crippen LogP contribution in [0.25, 0.3) is 99.9 Å². The molecule has 0 radical (unpaired) electrons. The van der Waals surface area contributed by atoms with E-state index in [1.54, 1.807) is 0 Å². The van der Waals surface area contributed by atoms with Crippen molar-refractivity contribution in [3.8, 4) is 56.4 Å². The van der Waals surface area contributed by atoms with Crippen LogP contribution in [0.15, 0.2) is 180 Å². The predicted octanol–water partition coefficient (Wildman–Crippen LogP) is 12.4. The molecule has 10 rings (SSSR count). The van der Waals surface area contributed by atoms with Crippen molar-refractivity contribution in [1.82, 2.24) is 15.0 Å². The largest absolute Gasteiger partial charge is 0.456 e. The van der Waals surface area contributed by atoms with Gasteiger partial charge in [-0.15, -0.1) is 0 Å². The molecule has 0 aliphatic rings. The monoisotopic (exact) mass is 651 g/mol. The zero-order chi connectivity index (χ0) is 33.7. The Kier molecular flexibility index (Phi) is 6.78. The van der Waals surface area contributed by atoms with Gasteiger partial charge in [0.15, 0.2) is 17.5 Å². The first kappa shape index (κ1) is 29.0. The lowest BCUT2D eigenvalue weighted by atomic mass is 9.94. The van der Waals surface area contributed by atoms with E-state index < -0.39 is 0 Å². The molecule has 238 valence electrons. The lowest BCUT2D eigenvalue weighted by Gasteiger charge is -2.10. The van der Waals surface area contributed by atoms with Gasteiger partial charge >= 0.3 is 0 Å². The van der Waals surface area contributed by atoms with Crippen LogP contribution in [-0.2, 0) is 0 Å². The molecule has 0 amide bonds. The van der Waals surface area contributed by atoms with Crippen molar-refractivity contribution in [1.29, 1.82) is 0 Å². The summed E-state index contributed by atoms with van der Waals surface area (Å²) < 4.78 is 6.43. The highest BCUT2D eigenvalue weighted by atomic mass is 16.3. The smallest absolute Gasteiger partial charge is 0.164 e. The van der Waals surface area contributed by atoms with Crippen molar-refractivity contribution in [2.75, 3.05) is 0 Å². The molecule has 2 aromatic heterocycles. The van der Waals surface area contributed by atoms with Gasteiger partial charge in [-0.05, 0) is 74.1 Å². The standard InChI is InChI=1S/C47H29N3O/c1-3-12-32(13-4-1)45-48-46(33-14-5-2-6-15-33)50-47(49-45)39-19-10-20-43-44(39)41-29-37(25-26-42(41)51-43)35-17-9-16-34(27-35)36-24-23-31-22-21-30-11-7-8-18-38(30)40(31)28-36/h1-29H. The van der Waals surface area contributed by atoms with Gasteiger partial charge in [0.2, 0.25) is 0 Å². The first-order valence-electron chi connectivity index (χ1n) is 17.1. The predicted molar refractivity (Wildman–Crippen MR) is 209 cm³/mol. The van der Waals surface area contributed by atoms with Gasteiger partial charge in [0.05, 0.1) is 0 Å². The van der Waals surface area contributed by atoms with Gasteiger partial charge in [0, 0.05) is 27.5 Å². The molecule has 0 N–H and O–H groups in total. The number of benzene rings is 8. The molecule has 51 heavy (non-hydrogen) atoms. The van der Waals surface area contributed by atoms with E-state index in [0.29, 0.717) is 17.5 Å². The summed E-state index contributed by atoms with van der Waals surface area (Å²) in [6.07, 6.45) is 0. The summed E-state index contributed by atoms with van der Waals surface area (Å²) in [5.41, 5.74) is 8.99. The first-order chi connectivity index (χ1) is 25.2. The molecule has 0 atom stereocenters. The van der Waals surface area contributed by atoms with Crippen molar-refractivity contribution in [2.24, 2.45) is 0 Å². The maximum absolute atomic E-state index is 6.43. The molecule has 0 bridgehead atoms. The average Bonchev–Trinajstić information content (AvgIpc) is 3.59. The second-order valence-electron chi connectivity index (χ2n) is 12.8. The summed E-state index contributed by atoms with van der Waals surface area (Å²) in [7, 11) is 0. The molecule has 0 saturated carbocycles. The third kappa shape index (κ3) is 5.13. The Hall–Kier alpha value is -6.91. The number of rotatable bonds is 5. The number of hydrogen-bond donors (Lipinski definition) is 0. The van der Waals surface area contributed by atoms with Crippen LogP contribution in [0.3, 0.4) is 0 Å². The quantitative estimate of drug-likeness (QED) is 0.174. The Morgan fingerprint density at radius 2 is 0.843 bits per heavy atom. The van der Waals surface area contributed by atoms with Gasteiger partial charge in [0.1, 0.15) is 11.2 Å². The van der Waals surface area contributed by atoms with E-state index in [9.17, 15) is 0 Å². The fraction of sp³-hybridized carbons (Fsp3) is 0. The maximum Gasteiger partial charge on any atom is 0.164 e. The van der Waals surface area contributed by atoms with E-state index in [-0.39, 0.29) is 0 Å². The summed E-state index contributed by atoms with van der Waals surface area (Å²) in [6.45, 7) is 0. The molecule has 0 aliphatic carbocycles. The molecule has 4 heteroatoms. The summed E-state index contributed by atoms with van der Waals surface area (Å²) in [4.78, 5) is 15.0. The van der Waals surface area contributed by atoms with Gasteiger partial charge in [0.25, 0.3) is 0 Å². The van der Waals surface area contributed by atoms with Crippen molar-refractivity contribution in [3.05, 3.63) is 176 Å². The van der Waals surface area contributed by atoms with Crippen LogP contribution in [0, 0.1) is 0 Å². The van der Waals surface area contributed by atoms with Crippen LogP contribution in [0.2, 0.25) is 0 Å². The minimum Gasteiger partial charge on any atom is -0.456 e. The van der Waals surface area contributed by atoms with Crippen molar-refractivity contribution >= 4 is 43.5 Å². The van der Waals surface area contributed by atoms with Crippen LogP contribution in [0.4, 0.5) is 0 Å². The Bertz CT molecular complexity index is 2860. The number of furan rings is 1. The molecule has 0 saturated heterocycles. The summed E-state index contributed by atoms with van der Waals surface area (Å²) in [6, 6.07) is 61.2. The molecule has 4 nitrogen and oxygen atoms in total. The second-order valence-corrected chi connectivity index (χ2v) is 12.8. The Morgan fingerprint density at radius 3 is 1.57 bits per heavy atom. The van der Waals surface area contributed by atoms with E-state index in [0.717, 1.165) is 49.8 Å². The van der Waals surface area contributed by atoms with Crippen LogP contribution >= 0.6 is 0 Å². The molecule has 0 spiro atoms. The Morgan fingerprint density at radius 1 is 0.314 bits per heavy atom. The minimum absolute atomic E-state index is 0.604. The molecular formula is C47H29N3O. The zero-order valence-corrected chi connectivity index (χ0v) is 27.5. The summed E-state index contributed by atoms with van der Waals surface area (Å²) in [5, 5.41) is 7.03. The summed E-state index contributed by atoms with van der Waals surface area (Å²) in [5.74, 6) is 1.86.